The Morgan fingerprint density at radius 2 is 1.92 bits per heavy atom. The fourth-order valence-electron chi connectivity index (χ4n) is 2.68. The fraction of sp³-hybridized carbons (Fsp3) is 0.211. The third-order valence-corrected chi connectivity index (χ3v) is 3.85. The molecule has 1 saturated heterocycles. The molecule has 0 aromatic heterocycles. The number of nitrogens with zero attached hydrogens (tertiary/aromatic N) is 3. The van der Waals surface area contributed by atoms with Crippen molar-refractivity contribution in [1.29, 1.82) is 0 Å². The predicted molar refractivity (Wildman–Crippen MR) is 93.2 cm³/mol. The molecule has 2 aromatic rings. The zero-order valence-corrected chi connectivity index (χ0v) is 13.7. The number of rotatable bonds is 6. The Balaban J connectivity index is 1.90. The van der Waals surface area contributed by atoms with Crippen molar-refractivity contribution >= 4 is 12.0 Å². The van der Waals surface area contributed by atoms with Crippen molar-refractivity contribution in [3.05, 3.63) is 87.4 Å². The van der Waals surface area contributed by atoms with Gasteiger partial charge >= 0.3 is 5.97 Å². The van der Waals surface area contributed by atoms with E-state index in [9.17, 15) is 4.79 Å². The molecule has 0 saturated carbocycles. The van der Waals surface area contributed by atoms with Gasteiger partial charge in [-0.15, -0.1) is 0 Å². The number of ether oxygens (including phenoxy) is 2. The summed E-state index contributed by atoms with van der Waals surface area (Å²) >= 11 is 0. The van der Waals surface area contributed by atoms with E-state index < -0.39 is 5.97 Å². The molecule has 0 bridgehead atoms. The second-order valence-corrected chi connectivity index (χ2v) is 5.46. The maximum absolute atomic E-state index is 11.9. The molecule has 0 N–H and O–H groups in total. The van der Waals surface area contributed by atoms with Crippen molar-refractivity contribution in [2.75, 3.05) is 6.61 Å². The van der Waals surface area contributed by atoms with Gasteiger partial charge in [-0.05, 0) is 35.2 Å². The van der Waals surface area contributed by atoms with Crippen LogP contribution in [0.4, 0.5) is 0 Å². The SMILES string of the molecule is CCOC(=O)C(=Cc1ccccc1C1OC1c1ccccc1)N=[N+]=[N-]. The molecule has 0 aliphatic carbocycles. The van der Waals surface area contributed by atoms with E-state index >= 15 is 0 Å². The lowest BCUT2D eigenvalue weighted by atomic mass is 9.99. The zero-order valence-electron chi connectivity index (χ0n) is 13.7. The molecule has 1 fully saturated rings. The quantitative estimate of drug-likeness (QED) is 0.191. The summed E-state index contributed by atoms with van der Waals surface area (Å²) in [5, 5.41) is 3.46. The number of hydrogen-bond donors (Lipinski definition) is 0. The van der Waals surface area contributed by atoms with E-state index in [0.29, 0.717) is 0 Å². The van der Waals surface area contributed by atoms with Gasteiger partial charge in [-0.1, -0.05) is 59.7 Å². The minimum absolute atomic E-state index is 0.0127. The van der Waals surface area contributed by atoms with E-state index in [-0.39, 0.29) is 24.5 Å². The van der Waals surface area contributed by atoms with Gasteiger partial charge in [0.05, 0.1) is 6.61 Å². The van der Waals surface area contributed by atoms with E-state index in [1.54, 1.807) is 6.92 Å². The molecule has 0 amide bonds. The van der Waals surface area contributed by atoms with Gasteiger partial charge in [-0.25, -0.2) is 4.79 Å². The summed E-state index contributed by atoms with van der Waals surface area (Å²) in [4.78, 5) is 14.6. The van der Waals surface area contributed by atoms with Crippen LogP contribution in [0.15, 0.2) is 65.4 Å². The highest BCUT2D eigenvalue weighted by Gasteiger charge is 2.42. The van der Waals surface area contributed by atoms with Gasteiger partial charge in [0, 0.05) is 4.91 Å². The van der Waals surface area contributed by atoms with Gasteiger partial charge in [-0.3, -0.25) is 0 Å². The molecular formula is C19H17N3O3. The Morgan fingerprint density at radius 1 is 1.20 bits per heavy atom. The third-order valence-electron chi connectivity index (χ3n) is 3.85. The summed E-state index contributed by atoms with van der Waals surface area (Å²) in [6, 6.07) is 17.5. The van der Waals surface area contributed by atoms with Crippen molar-refractivity contribution in [2.24, 2.45) is 5.11 Å². The van der Waals surface area contributed by atoms with Crippen LogP contribution in [-0.2, 0) is 14.3 Å². The Hall–Kier alpha value is -3.08. The normalized spacial score (nSPS) is 19.0. The summed E-state index contributed by atoms with van der Waals surface area (Å²) in [7, 11) is 0. The molecule has 1 aliphatic heterocycles. The van der Waals surface area contributed by atoms with Crippen LogP contribution in [0.1, 0.15) is 35.8 Å². The second-order valence-electron chi connectivity index (χ2n) is 5.46. The van der Waals surface area contributed by atoms with Gasteiger partial charge < -0.3 is 9.47 Å². The van der Waals surface area contributed by atoms with Gasteiger partial charge in [0.1, 0.15) is 17.9 Å². The molecule has 1 heterocycles. The van der Waals surface area contributed by atoms with Crippen LogP contribution in [0.3, 0.4) is 0 Å². The van der Waals surface area contributed by atoms with Crippen molar-refractivity contribution < 1.29 is 14.3 Å². The lowest BCUT2D eigenvalue weighted by Gasteiger charge is -2.05. The first kappa shape index (κ1) is 16.8. The Morgan fingerprint density at radius 3 is 2.64 bits per heavy atom. The minimum Gasteiger partial charge on any atom is -0.462 e. The third kappa shape index (κ3) is 3.88. The summed E-state index contributed by atoms with van der Waals surface area (Å²) < 4.78 is 10.8. The largest absolute Gasteiger partial charge is 0.462 e. The molecule has 2 aromatic carbocycles. The van der Waals surface area contributed by atoms with E-state index in [2.05, 4.69) is 10.0 Å². The Labute approximate surface area is 145 Å². The molecule has 2 unspecified atom stereocenters. The van der Waals surface area contributed by atoms with Crippen LogP contribution in [-0.4, -0.2) is 12.6 Å². The maximum atomic E-state index is 11.9. The van der Waals surface area contributed by atoms with E-state index in [0.717, 1.165) is 16.7 Å². The Kier molecular flexibility index (Phi) is 5.14. The lowest BCUT2D eigenvalue weighted by molar-refractivity contribution is -0.138. The van der Waals surface area contributed by atoms with Crippen molar-refractivity contribution in [3.8, 4) is 0 Å². The van der Waals surface area contributed by atoms with Gasteiger partial charge in [0.15, 0.2) is 0 Å². The van der Waals surface area contributed by atoms with E-state index in [4.69, 9.17) is 15.0 Å². The maximum Gasteiger partial charge on any atom is 0.340 e. The minimum atomic E-state index is -0.647. The predicted octanol–water partition coefficient (Wildman–Crippen LogP) is 4.71. The molecule has 126 valence electrons. The first-order valence-corrected chi connectivity index (χ1v) is 7.98. The molecule has 6 nitrogen and oxygen atoms in total. The van der Waals surface area contributed by atoms with Crippen LogP contribution in [0.25, 0.3) is 16.5 Å². The van der Waals surface area contributed by atoms with Gasteiger partial charge in [0.2, 0.25) is 0 Å². The smallest absolute Gasteiger partial charge is 0.340 e. The number of azide groups is 1. The topological polar surface area (TPSA) is 87.6 Å². The highest BCUT2D eigenvalue weighted by atomic mass is 16.6. The van der Waals surface area contributed by atoms with Gasteiger partial charge in [0.25, 0.3) is 0 Å². The summed E-state index contributed by atoms with van der Waals surface area (Å²) in [6.45, 7) is 1.91. The fourth-order valence-corrected chi connectivity index (χ4v) is 2.68. The first-order valence-electron chi connectivity index (χ1n) is 7.98. The van der Waals surface area contributed by atoms with Crippen LogP contribution >= 0.6 is 0 Å². The molecule has 1 aliphatic rings. The number of carbonyl (C=O) groups excluding carboxylic acids is 1. The standard InChI is InChI=1S/C19H17N3O3/c1-2-24-19(23)16(21-22-20)12-14-10-6-7-11-15(14)18-17(25-18)13-8-4-3-5-9-13/h3-12,17-18H,2H2,1H3. The highest BCUT2D eigenvalue weighted by Crippen LogP contribution is 2.51. The van der Waals surface area contributed by atoms with Crippen molar-refractivity contribution in [2.45, 2.75) is 19.1 Å². The van der Waals surface area contributed by atoms with E-state index in [1.165, 1.54) is 6.08 Å². The number of epoxide rings is 1. The van der Waals surface area contributed by atoms with E-state index in [1.807, 2.05) is 54.6 Å². The monoisotopic (exact) mass is 335 g/mol. The molecule has 3 rings (SSSR count). The second kappa shape index (κ2) is 7.66. The average Bonchev–Trinajstić information content (AvgIpc) is 3.43. The molecule has 2 atom stereocenters. The number of carbonyl (C=O) groups is 1. The molecular weight excluding hydrogens is 318 g/mol. The van der Waals surface area contributed by atoms with Crippen LogP contribution in [0.5, 0.6) is 0 Å². The molecule has 0 spiro atoms. The highest BCUT2D eigenvalue weighted by molar-refractivity contribution is 5.93. The van der Waals surface area contributed by atoms with Gasteiger partial charge in [-0.2, -0.15) is 0 Å². The van der Waals surface area contributed by atoms with Crippen molar-refractivity contribution in [3.63, 3.8) is 0 Å². The Bertz CT molecular complexity index is 842. The van der Waals surface area contributed by atoms with Crippen LogP contribution in [0.2, 0.25) is 0 Å². The zero-order chi connectivity index (χ0) is 17.6. The molecule has 25 heavy (non-hydrogen) atoms. The number of benzene rings is 2. The van der Waals surface area contributed by atoms with Crippen LogP contribution < -0.4 is 0 Å². The van der Waals surface area contributed by atoms with Crippen LogP contribution in [0, 0.1) is 0 Å². The summed E-state index contributed by atoms with van der Waals surface area (Å²) in [5.41, 5.74) is 11.4. The number of hydrogen-bond acceptors (Lipinski definition) is 4. The summed E-state index contributed by atoms with van der Waals surface area (Å²) in [6.07, 6.45) is 1.43. The van der Waals surface area contributed by atoms with Crippen molar-refractivity contribution in [1.82, 2.24) is 0 Å². The average molecular weight is 335 g/mol. The summed E-state index contributed by atoms with van der Waals surface area (Å²) in [5.74, 6) is -0.647. The lowest BCUT2D eigenvalue weighted by Crippen LogP contribution is -2.05. The first-order chi connectivity index (χ1) is 12.2. The molecule has 6 heteroatoms. The molecule has 0 radical (unpaired) electrons. The number of esters is 1.